The van der Waals surface area contributed by atoms with Crippen LogP contribution in [0, 0.1) is 6.92 Å². The van der Waals surface area contributed by atoms with Gasteiger partial charge in [-0.3, -0.25) is 4.79 Å². The van der Waals surface area contributed by atoms with E-state index in [1.54, 1.807) is 4.90 Å². The van der Waals surface area contributed by atoms with Crippen molar-refractivity contribution in [3.8, 4) is 0 Å². The van der Waals surface area contributed by atoms with Gasteiger partial charge in [0.05, 0.1) is 13.0 Å². The molecule has 31 heavy (non-hydrogen) atoms. The summed E-state index contributed by atoms with van der Waals surface area (Å²) in [6.07, 6.45) is 2.10. The summed E-state index contributed by atoms with van der Waals surface area (Å²) in [5.74, 6) is 0.122. The number of urea groups is 1. The lowest BCUT2D eigenvalue weighted by molar-refractivity contribution is -0.131. The quantitative estimate of drug-likeness (QED) is 0.631. The van der Waals surface area contributed by atoms with Gasteiger partial charge in [0.2, 0.25) is 5.91 Å². The fourth-order valence-electron chi connectivity index (χ4n) is 3.57. The number of amides is 3. The van der Waals surface area contributed by atoms with Crippen LogP contribution in [-0.4, -0.2) is 67.7 Å². The summed E-state index contributed by atoms with van der Waals surface area (Å²) < 4.78 is 5.65. The minimum Gasteiger partial charge on any atom is -0.381 e. The molecular weight excluding hydrogens is 390 g/mol. The minimum absolute atomic E-state index is 0.0603. The molecule has 3 rings (SSSR count). The van der Waals surface area contributed by atoms with Gasteiger partial charge in [-0.2, -0.15) is 0 Å². The molecule has 0 atom stereocenters. The number of nitrogens with one attached hydrogen (secondary N) is 1. The van der Waals surface area contributed by atoms with Gasteiger partial charge in [0, 0.05) is 39.3 Å². The molecule has 1 fully saturated rings. The highest BCUT2D eigenvalue weighted by molar-refractivity contribution is 5.79. The summed E-state index contributed by atoms with van der Waals surface area (Å²) in [4.78, 5) is 28.5. The highest BCUT2D eigenvalue weighted by atomic mass is 16.5. The highest BCUT2D eigenvalue weighted by Crippen LogP contribution is 2.09. The average molecular weight is 424 g/mol. The Morgan fingerprint density at radius 1 is 0.871 bits per heavy atom. The molecule has 2 aromatic rings. The second kappa shape index (κ2) is 12.1. The van der Waals surface area contributed by atoms with Crippen LogP contribution in [0.3, 0.4) is 0 Å². The maximum absolute atomic E-state index is 12.5. The lowest BCUT2D eigenvalue weighted by Crippen LogP contribution is -2.53. The van der Waals surface area contributed by atoms with Crippen LogP contribution >= 0.6 is 0 Å². The second-order valence-electron chi connectivity index (χ2n) is 7.96. The van der Waals surface area contributed by atoms with Gasteiger partial charge < -0.3 is 19.9 Å². The molecule has 166 valence electrons. The fourth-order valence-corrected chi connectivity index (χ4v) is 3.57. The minimum atomic E-state index is -0.0603. The molecule has 0 radical (unpaired) electrons. The lowest BCUT2D eigenvalue weighted by atomic mass is 10.1. The van der Waals surface area contributed by atoms with Crippen LogP contribution in [0.4, 0.5) is 4.79 Å². The molecule has 0 bridgehead atoms. The van der Waals surface area contributed by atoms with E-state index in [2.05, 4.69) is 17.4 Å². The predicted molar refractivity (Wildman–Crippen MR) is 122 cm³/mol. The first-order valence-corrected chi connectivity index (χ1v) is 11.1. The molecule has 1 N–H and O–H groups in total. The normalized spacial score (nSPS) is 13.8. The summed E-state index contributed by atoms with van der Waals surface area (Å²) >= 11 is 0. The molecule has 1 heterocycles. The maximum Gasteiger partial charge on any atom is 0.317 e. The maximum atomic E-state index is 12.5. The first-order valence-electron chi connectivity index (χ1n) is 11.1. The first kappa shape index (κ1) is 22.8. The Bertz CT molecular complexity index is 816. The Kier molecular flexibility index (Phi) is 8.91. The van der Waals surface area contributed by atoms with Crippen LogP contribution < -0.4 is 5.32 Å². The van der Waals surface area contributed by atoms with Crippen molar-refractivity contribution in [3.05, 3.63) is 71.3 Å². The van der Waals surface area contributed by atoms with Crippen molar-refractivity contribution in [2.75, 3.05) is 45.9 Å². The van der Waals surface area contributed by atoms with Crippen molar-refractivity contribution >= 4 is 11.9 Å². The van der Waals surface area contributed by atoms with Crippen LogP contribution in [0.25, 0.3) is 0 Å². The van der Waals surface area contributed by atoms with Crippen molar-refractivity contribution in [3.63, 3.8) is 0 Å². The van der Waals surface area contributed by atoms with Crippen LogP contribution in [0.2, 0.25) is 0 Å². The largest absolute Gasteiger partial charge is 0.381 e. The van der Waals surface area contributed by atoms with E-state index in [-0.39, 0.29) is 11.9 Å². The molecule has 0 unspecified atom stereocenters. The topological polar surface area (TPSA) is 61.9 Å². The van der Waals surface area contributed by atoms with Gasteiger partial charge in [-0.1, -0.05) is 60.2 Å². The number of carbonyl (C=O) groups is 2. The SMILES string of the molecule is Cc1ccc(CC(=O)N2CCN(C(=O)NCCCOCCc3ccccc3)CC2)cc1. The molecule has 1 saturated heterocycles. The van der Waals surface area contributed by atoms with Gasteiger partial charge in [0.25, 0.3) is 0 Å². The zero-order valence-corrected chi connectivity index (χ0v) is 18.4. The molecule has 2 aromatic carbocycles. The predicted octanol–water partition coefficient (Wildman–Crippen LogP) is 3.04. The fraction of sp³-hybridized carbons (Fsp3) is 0.440. The summed E-state index contributed by atoms with van der Waals surface area (Å²) in [6, 6.07) is 18.3. The lowest BCUT2D eigenvalue weighted by Gasteiger charge is -2.34. The third-order valence-corrected chi connectivity index (χ3v) is 5.52. The number of hydrogen-bond acceptors (Lipinski definition) is 3. The zero-order valence-electron chi connectivity index (χ0n) is 18.4. The van der Waals surface area contributed by atoms with E-state index in [4.69, 9.17) is 4.74 Å². The number of carbonyl (C=O) groups excluding carboxylic acids is 2. The third-order valence-electron chi connectivity index (χ3n) is 5.52. The van der Waals surface area contributed by atoms with Crippen molar-refractivity contribution in [2.45, 2.75) is 26.2 Å². The van der Waals surface area contributed by atoms with Gasteiger partial charge in [0.15, 0.2) is 0 Å². The number of rotatable bonds is 9. The van der Waals surface area contributed by atoms with Crippen molar-refractivity contribution < 1.29 is 14.3 Å². The molecule has 3 amide bonds. The number of nitrogens with zero attached hydrogens (tertiary/aromatic N) is 2. The Hall–Kier alpha value is -2.86. The summed E-state index contributed by atoms with van der Waals surface area (Å²) in [7, 11) is 0. The Morgan fingerprint density at radius 3 is 2.26 bits per heavy atom. The number of benzene rings is 2. The van der Waals surface area contributed by atoms with E-state index in [0.29, 0.717) is 52.4 Å². The van der Waals surface area contributed by atoms with Crippen molar-refractivity contribution in [2.24, 2.45) is 0 Å². The molecule has 0 spiro atoms. The third kappa shape index (κ3) is 7.72. The van der Waals surface area contributed by atoms with E-state index < -0.39 is 0 Å². The molecule has 1 aliphatic rings. The zero-order chi connectivity index (χ0) is 21.9. The van der Waals surface area contributed by atoms with Crippen LogP contribution in [0.15, 0.2) is 54.6 Å². The van der Waals surface area contributed by atoms with Crippen LogP contribution in [0.5, 0.6) is 0 Å². The van der Waals surface area contributed by atoms with E-state index >= 15 is 0 Å². The van der Waals surface area contributed by atoms with Gasteiger partial charge >= 0.3 is 6.03 Å². The Morgan fingerprint density at radius 2 is 1.55 bits per heavy atom. The first-order chi connectivity index (χ1) is 15.1. The second-order valence-corrected chi connectivity index (χ2v) is 7.96. The molecule has 0 aromatic heterocycles. The Balaban J connectivity index is 1.25. The monoisotopic (exact) mass is 423 g/mol. The molecule has 6 heteroatoms. The van der Waals surface area contributed by atoms with E-state index in [1.165, 1.54) is 11.1 Å². The van der Waals surface area contributed by atoms with Crippen LogP contribution in [0.1, 0.15) is 23.1 Å². The molecule has 6 nitrogen and oxygen atoms in total. The average Bonchev–Trinajstić information content (AvgIpc) is 2.80. The Labute approximate surface area is 185 Å². The number of aryl methyl sites for hydroxylation is 1. The van der Waals surface area contributed by atoms with Gasteiger partial charge in [0.1, 0.15) is 0 Å². The van der Waals surface area contributed by atoms with Crippen molar-refractivity contribution in [1.82, 2.24) is 15.1 Å². The highest BCUT2D eigenvalue weighted by Gasteiger charge is 2.23. The molecule has 0 aliphatic carbocycles. The number of ether oxygens (including phenoxy) is 1. The summed E-state index contributed by atoms with van der Waals surface area (Å²) in [5, 5.41) is 2.95. The standard InChI is InChI=1S/C25H33N3O3/c1-21-8-10-23(11-9-21)20-24(29)27-14-16-28(17-15-27)25(30)26-13-5-18-31-19-12-22-6-3-2-4-7-22/h2-4,6-11H,5,12-20H2,1H3,(H,26,30). The van der Waals surface area contributed by atoms with E-state index in [1.807, 2.05) is 54.3 Å². The summed E-state index contributed by atoms with van der Waals surface area (Å²) in [6.45, 7) is 6.26. The van der Waals surface area contributed by atoms with E-state index in [0.717, 1.165) is 18.4 Å². The number of piperazine rings is 1. The van der Waals surface area contributed by atoms with Gasteiger partial charge in [-0.05, 0) is 30.9 Å². The van der Waals surface area contributed by atoms with Gasteiger partial charge in [-0.15, -0.1) is 0 Å². The smallest absolute Gasteiger partial charge is 0.317 e. The van der Waals surface area contributed by atoms with Gasteiger partial charge in [-0.25, -0.2) is 4.79 Å². The van der Waals surface area contributed by atoms with E-state index in [9.17, 15) is 9.59 Å². The number of hydrogen-bond donors (Lipinski definition) is 1. The van der Waals surface area contributed by atoms with Crippen molar-refractivity contribution in [1.29, 1.82) is 0 Å². The molecule has 1 aliphatic heterocycles. The summed E-state index contributed by atoms with van der Waals surface area (Å²) in [5.41, 5.74) is 3.49. The van der Waals surface area contributed by atoms with Crippen LogP contribution in [-0.2, 0) is 22.4 Å². The molecular formula is C25H33N3O3. The molecule has 0 saturated carbocycles.